The van der Waals surface area contributed by atoms with E-state index in [0.29, 0.717) is 12.5 Å². The molecule has 2 fully saturated rings. The van der Waals surface area contributed by atoms with E-state index in [-0.39, 0.29) is 0 Å². The van der Waals surface area contributed by atoms with Gasteiger partial charge in [0.05, 0.1) is 6.54 Å². The van der Waals surface area contributed by atoms with Gasteiger partial charge in [0.2, 0.25) is 5.91 Å². The molecule has 0 atom stereocenters. The summed E-state index contributed by atoms with van der Waals surface area (Å²) in [6.07, 6.45) is 9.50. The smallest absolute Gasteiger partial charge is 0.236 e. The topological polar surface area (TPSA) is 52.6 Å². The number of carbonyl (C=O) groups is 1. The summed E-state index contributed by atoms with van der Waals surface area (Å²) in [6, 6.07) is 0.799. The fourth-order valence-corrected chi connectivity index (χ4v) is 4.01. The van der Waals surface area contributed by atoms with E-state index in [0.717, 1.165) is 63.8 Å². The maximum Gasteiger partial charge on any atom is 0.236 e. The van der Waals surface area contributed by atoms with Crippen molar-refractivity contribution in [1.82, 2.24) is 24.7 Å². The van der Waals surface area contributed by atoms with Gasteiger partial charge in [-0.2, -0.15) is 0 Å². The van der Waals surface area contributed by atoms with Gasteiger partial charge in [-0.15, -0.1) is 0 Å². The van der Waals surface area contributed by atoms with Crippen LogP contribution in [0.15, 0.2) is 12.5 Å². The van der Waals surface area contributed by atoms with Gasteiger partial charge in [-0.05, 0) is 24.8 Å². The Hall–Kier alpha value is -1.53. The van der Waals surface area contributed by atoms with E-state index >= 15 is 0 Å². The van der Waals surface area contributed by atoms with Gasteiger partial charge in [0, 0.05) is 63.6 Å². The lowest BCUT2D eigenvalue weighted by atomic mass is 9.91. The number of hydrogen-bond acceptors (Lipinski definition) is 5. The molecule has 1 aromatic heterocycles. The molecular formula is C18H27N5O. The summed E-state index contributed by atoms with van der Waals surface area (Å²) in [7, 11) is 0. The van der Waals surface area contributed by atoms with Crippen LogP contribution in [0, 0.1) is 0 Å². The van der Waals surface area contributed by atoms with E-state index in [2.05, 4.69) is 24.7 Å². The Morgan fingerprint density at radius 1 is 1.08 bits per heavy atom. The van der Waals surface area contributed by atoms with E-state index in [1.54, 1.807) is 6.33 Å². The van der Waals surface area contributed by atoms with Crippen molar-refractivity contribution in [3.05, 3.63) is 23.8 Å². The number of rotatable bonds is 3. The average molecular weight is 329 g/mol. The zero-order valence-electron chi connectivity index (χ0n) is 14.4. The highest BCUT2D eigenvalue weighted by molar-refractivity contribution is 5.78. The number of fused-ring (bicyclic) bond motifs is 1. The lowest BCUT2D eigenvalue weighted by Gasteiger charge is -2.43. The Morgan fingerprint density at radius 2 is 1.88 bits per heavy atom. The van der Waals surface area contributed by atoms with E-state index in [1.807, 2.05) is 6.20 Å². The molecular weight excluding hydrogens is 302 g/mol. The van der Waals surface area contributed by atoms with Gasteiger partial charge in [0.15, 0.2) is 0 Å². The molecule has 1 amide bonds. The molecule has 2 aliphatic heterocycles. The Kier molecular flexibility index (Phi) is 4.76. The number of piperazine rings is 1. The Morgan fingerprint density at radius 3 is 2.62 bits per heavy atom. The summed E-state index contributed by atoms with van der Waals surface area (Å²) < 4.78 is 0. The van der Waals surface area contributed by atoms with Gasteiger partial charge in [-0.3, -0.25) is 14.6 Å². The minimum absolute atomic E-state index is 0.292. The molecule has 0 N–H and O–H groups in total. The number of carbonyl (C=O) groups excluding carboxylic acids is 1. The second kappa shape index (κ2) is 7.15. The monoisotopic (exact) mass is 329 g/mol. The van der Waals surface area contributed by atoms with Gasteiger partial charge in [-0.1, -0.05) is 6.42 Å². The second-order valence-corrected chi connectivity index (χ2v) is 7.27. The quantitative estimate of drug-likeness (QED) is 0.812. The summed E-state index contributed by atoms with van der Waals surface area (Å²) in [6.45, 7) is 6.29. The molecule has 130 valence electrons. The number of aromatic nitrogens is 2. The Bertz CT molecular complexity index is 554. The molecule has 6 heteroatoms. The van der Waals surface area contributed by atoms with Gasteiger partial charge >= 0.3 is 0 Å². The fourth-order valence-electron chi connectivity index (χ4n) is 4.01. The minimum Gasteiger partial charge on any atom is -0.339 e. The van der Waals surface area contributed by atoms with Crippen molar-refractivity contribution in [2.75, 3.05) is 45.8 Å². The third kappa shape index (κ3) is 3.44. The van der Waals surface area contributed by atoms with Crippen LogP contribution in [0.5, 0.6) is 0 Å². The number of hydrogen-bond donors (Lipinski definition) is 0. The molecule has 24 heavy (non-hydrogen) atoms. The molecule has 1 aromatic rings. The van der Waals surface area contributed by atoms with Crippen LogP contribution in [-0.2, 0) is 17.6 Å². The van der Waals surface area contributed by atoms with Crippen LogP contribution in [0.1, 0.15) is 30.5 Å². The third-order valence-corrected chi connectivity index (χ3v) is 5.86. The minimum atomic E-state index is 0.292. The summed E-state index contributed by atoms with van der Waals surface area (Å²) in [5, 5.41) is 0. The van der Waals surface area contributed by atoms with Crippen molar-refractivity contribution in [1.29, 1.82) is 0 Å². The van der Waals surface area contributed by atoms with Crippen LogP contribution in [0.4, 0.5) is 0 Å². The van der Waals surface area contributed by atoms with Crippen molar-refractivity contribution < 1.29 is 4.79 Å². The largest absolute Gasteiger partial charge is 0.339 e. The molecule has 1 aliphatic carbocycles. The van der Waals surface area contributed by atoms with Crippen molar-refractivity contribution in [3.63, 3.8) is 0 Å². The molecule has 0 aromatic carbocycles. The zero-order chi connectivity index (χ0) is 16.4. The van der Waals surface area contributed by atoms with Gasteiger partial charge in [-0.25, -0.2) is 9.97 Å². The van der Waals surface area contributed by atoms with E-state index in [9.17, 15) is 4.79 Å². The van der Waals surface area contributed by atoms with Crippen LogP contribution in [0.25, 0.3) is 0 Å². The third-order valence-electron chi connectivity index (χ3n) is 5.86. The predicted molar refractivity (Wildman–Crippen MR) is 91.7 cm³/mol. The van der Waals surface area contributed by atoms with E-state index in [4.69, 9.17) is 0 Å². The first kappa shape index (κ1) is 16.0. The van der Waals surface area contributed by atoms with Crippen molar-refractivity contribution in [2.45, 2.75) is 38.1 Å². The maximum absolute atomic E-state index is 12.6. The molecule has 1 saturated carbocycles. The van der Waals surface area contributed by atoms with E-state index in [1.165, 1.54) is 24.8 Å². The first-order valence-electron chi connectivity index (χ1n) is 9.31. The standard InChI is InChI=1S/C18H27N5O/c24-18(23-10-8-22(9-11-23)16-2-1-3-16)13-21-6-4-15-12-19-14-20-17(15)5-7-21/h12,14,16H,1-11,13H2. The van der Waals surface area contributed by atoms with Crippen LogP contribution in [0.2, 0.25) is 0 Å². The molecule has 0 radical (unpaired) electrons. The van der Waals surface area contributed by atoms with Crippen LogP contribution >= 0.6 is 0 Å². The molecule has 0 unspecified atom stereocenters. The Balaban J connectivity index is 1.26. The fraction of sp³-hybridized carbons (Fsp3) is 0.722. The predicted octanol–water partition coefficient (Wildman–Crippen LogP) is 0.574. The molecule has 0 spiro atoms. The normalized spacial score (nSPS) is 23.4. The molecule has 3 heterocycles. The molecule has 6 nitrogen and oxygen atoms in total. The van der Waals surface area contributed by atoms with Crippen LogP contribution in [0.3, 0.4) is 0 Å². The SMILES string of the molecule is O=C(CN1CCc2cncnc2CC1)N1CCN(C2CCC2)CC1. The van der Waals surface area contributed by atoms with Gasteiger partial charge < -0.3 is 4.90 Å². The summed E-state index contributed by atoms with van der Waals surface area (Å²) in [4.78, 5) is 28.1. The molecule has 0 bridgehead atoms. The van der Waals surface area contributed by atoms with Crippen molar-refractivity contribution >= 4 is 5.91 Å². The molecule has 4 rings (SSSR count). The summed E-state index contributed by atoms with van der Waals surface area (Å²) in [5.74, 6) is 0.292. The lowest BCUT2D eigenvalue weighted by Crippen LogP contribution is -2.55. The van der Waals surface area contributed by atoms with Gasteiger partial charge in [0.1, 0.15) is 6.33 Å². The zero-order valence-corrected chi connectivity index (χ0v) is 14.4. The highest BCUT2D eigenvalue weighted by Gasteiger charge is 2.29. The van der Waals surface area contributed by atoms with Crippen LogP contribution in [-0.4, -0.2) is 82.4 Å². The highest BCUT2D eigenvalue weighted by atomic mass is 16.2. The number of nitrogens with zero attached hydrogens (tertiary/aromatic N) is 5. The molecule has 3 aliphatic rings. The number of amides is 1. The highest BCUT2D eigenvalue weighted by Crippen LogP contribution is 2.25. The first-order valence-corrected chi connectivity index (χ1v) is 9.31. The van der Waals surface area contributed by atoms with E-state index < -0.39 is 0 Å². The van der Waals surface area contributed by atoms with Gasteiger partial charge in [0.25, 0.3) is 0 Å². The van der Waals surface area contributed by atoms with Crippen molar-refractivity contribution in [3.8, 4) is 0 Å². The average Bonchev–Trinajstić information content (AvgIpc) is 2.77. The first-order chi connectivity index (χ1) is 11.8. The summed E-state index contributed by atoms with van der Waals surface area (Å²) >= 11 is 0. The maximum atomic E-state index is 12.6. The van der Waals surface area contributed by atoms with Crippen molar-refractivity contribution in [2.24, 2.45) is 0 Å². The summed E-state index contributed by atoms with van der Waals surface area (Å²) in [5.41, 5.74) is 2.38. The second-order valence-electron chi connectivity index (χ2n) is 7.27. The van der Waals surface area contributed by atoms with Crippen LogP contribution < -0.4 is 0 Å². The molecule has 1 saturated heterocycles. The lowest BCUT2D eigenvalue weighted by molar-refractivity contribution is -0.134. The Labute approximate surface area is 143 Å².